The van der Waals surface area contributed by atoms with Crippen LogP contribution in [0.25, 0.3) is 0 Å². The molecule has 2 aromatic rings. The van der Waals surface area contributed by atoms with Gasteiger partial charge >= 0.3 is 12.1 Å². The molecule has 0 amide bonds. The van der Waals surface area contributed by atoms with Crippen LogP contribution in [0.4, 0.5) is 23.2 Å². The third-order valence-corrected chi connectivity index (χ3v) is 4.03. The minimum absolute atomic E-state index is 0.00716. The van der Waals surface area contributed by atoms with Crippen molar-refractivity contribution < 1.29 is 27.1 Å². The molecule has 4 nitrogen and oxygen atoms in total. The number of hydrogen-bond acceptors (Lipinski definition) is 3. The Labute approximate surface area is 160 Å². The lowest BCUT2D eigenvalue weighted by atomic mass is 10.1. The molecule has 0 spiro atoms. The second kappa shape index (κ2) is 8.86. The second-order valence-electron chi connectivity index (χ2n) is 6.21. The zero-order chi connectivity index (χ0) is 20.9. The van der Waals surface area contributed by atoms with E-state index < -0.39 is 23.5 Å². The number of aryl methyl sites for hydroxylation is 1. The molecule has 28 heavy (non-hydrogen) atoms. The number of rotatable bonds is 6. The van der Waals surface area contributed by atoms with Crippen molar-refractivity contribution in [2.24, 2.45) is 4.99 Å². The molecule has 0 aromatic heterocycles. The Morgan fingerprint density at radius 2 is 1.96 bits per heavy atom. The fraction of sp³-hybridized carbons (Fsp3) is 0.300. The van der Waals surface area contributed by atoms with Crippen LogP contribution in [0.3, 0.4) is 0 Å². The van der Waals surface area contributed by atoms with Crippen molar-refractivity contribution in [1.29, 1.82) is 0 Å². The van der Waals surface area contributed by atoms with Gasteiger partial charge in [-0.15, -0.1) is 0 Å². The topological polar surface area (TPSA) is 41.9 Å². The highest BCUT2D eigenvalue weighted by Gasteiger charge is 2.30. The van der Waals surface area contributed by atoms with E-state index in [0.29, 0.717) is 12.1 Å². The molecule has 0 saturated heterocycles. The summed E-state index contributed by atoms with van der Waals surface area (Å²) in [5, 5.41) is 0. The molecule has 0 N–H and O–H groups in total. The van der Waals surface area contributed by atoms with Crippen molar-refractivity contribution in [3.63, 3.8) is 0 Å². The SMILES string of the molecule is CCN(C)/C=N/c1cc(C)c(C(=O)OCc2cccc(C(F)(F)F)c2)cc1F. The molecule has 0 aliphatic rings. The van der Waals surface area contributed by atoms with E-state index in [9.17, 15) is 22.4 Å². The van der Waals surface area contributed by atoms with Crippen LogP contribution in [0, 0.1) is 12.7 Å². The van der Waals surface area contributed by atoms with Crippen LogP contribution in [0.15, 0.2) is 41.4 Å². The van der Waals surface area contributed by atoms with Gasteiger partial charge in [0.1, 0.15) is 18.1 Å². The maximum Gasteiger partial charge on any atom is 0.416 e. The van der Waals surface area contributed by atoms with Gasteiger partial charge in [0.05, 0.1) is 17.5 Å². The Morgan fingerprint density at radius 1 is 1.25 bits per heavy atom. The van der Waals surface area contributed by atoms with Crippen molar-refractivity contribution in [3.8, 4) is 0 Å². The first kappa shape index (κ1) is 21.4. The van der Waals surface area contributed by atoms with Gasteiger partial charge in [-0.25, -0.2) is 14.2 Å². The number of carbonyl (C=O) groups is 1. The van der Waals surface area contributed by atoms with Gasteiger partial charge in [-0.1, -0.05) is 12.1 Å². The summed E-state index contributed by atoms with van der Waals surface area (Å²) < 4.78 is 57.5. The van der Waals surface area contributed by atoms with Crippen molar-refractivity contribution in [2.75, 3.05) is 13.6 Å². The van der Waals surface area contributed by atoms with Crippen LogP contribution in [0.2, 0.25) is 0 Å². The molecule has 0 atom stereocenters. The summed E-state index contributed by atoms with van der Waals surface area (Å²) in [5.41, 5.74) is -0.131. The molecule has 2 aromatic carbocycles. The number of carbonyl (C=O) groups excluding carboxylic acids is 1. The van der Waals surface area contributed by atoms with Crippen molar-refractivity contribution in [1.82, 2.24) is 4.90 Å². The average Bonchev–Trinajstić information content (AvgIpc) is 2.65. The monoisotopic (exact) mass is 396 g/mol. The van der Waals surface area contributed by atoms with Crippen LogP contribution < -0.4 is 0 Å². The van der Waals surface area contributed by atoms with E-state index in [1.165, 1.54) is 24.5 Å². The molecule has 8 heteroatoms. The molecule has 0 radical (unpaired) electrons. The van der Waals surface area contributed by atoms with Crippen LogP contribution in [-0.2, 0) is 17.5 Å². The number of esters is 1. The quantitative estimate of drug-likeness (QED) is 0.295. The number of aliphatic imine (C=N–C) groups is 1. The average molecular weight is 396 g/mol. The number of alkyl halides is 3. The molecule has 150 valence electrons. The van der Waals surface area contributed by atoms with E-state index >= 15 is 0 Å². The Hall–Kier alpha value is -2.90. The highest BCUT2D eigenvalue weighted by Crippen LogP contribution is 2.30. The largest absolute Gasteiger partial charge is 0.457 e. The van der Waals surface area contributed by atoms with Crippen molar-refractivity contribution >= 4 is 18.0 Å². The molecule has 0 heterocycles. The van der Waals surface area contributed by atoms with Crippen molar-refractivity contribution in [2.45, 2.75) is 26.6 Å². The molecule has 2 rings (SSSR count). The maximum atomic E-state index is 14.2. The van der Waals surface area contributed by atoms with E-state index in [2.05, 4.69) is 4.99 Å². The molecule has 0 saturated carbocycles. The molecule has 0 fully saturated rings. The van der Waals surface area contributed by atoms with Crippen LogP contribution in [0.1, 0.15) is 34.0 Å². The number of nitrogens with zero attached hydrogens (tertiary/aromatic N) is 2. The van der Waals surface area contributed by atoms with Gasteiger partial charge in [0.25, 0.3) is 0 Å². The summed E-state index contributed by atoms with van der Waals surface area (Å²) in [6.07, 6.45) is -3.01. The van der Waals surface area contributed by atoms with Gasteiger partial charge in [0.15, 0.2) is 0 Å². The lowest BCUT2D eigenvalue weighted by Crippen LogP contribution is -2.14. The van der Waals surface area contributed by atoms with Crippen LogP contribution in [-0.4, -0.2) is 30.8 Å². The first-order chi connectivity index (χ1) is 13.1. The lowest BCUT2D eigenvalue weighted by Gasteiger charge is -2.11. The third-order valence-electron chi connectivity index (χ3n) is 4.03. The summed E-state index contributed by atoms with van der Waals surface area (Å²) in [6.45, 7) is 3.86. The summed E-state index contributed by atoms with van der Waals surface area (Å²) >= 11 is 0. The van der Waals surface area contributed by atoms with Gasteiger partial charge in [-0.05, 0) is 49.2 Å². The summed E-state index contributed by atoms with van der Waals surface area (Å²) in [6, 6.07) is 6.91. The zero-order valence-electron chi connectivity index (χ0n) is 15.7. The Kier molecular flexibility index (Phi) is 6.77. The van der Waals surface area contributed by atoms with E-state index in [1.807, 2.05) is 6.92 Å². The minimum atomic E-state index is -4.48. The van der Waals surface area contributed by atoms with E-state index in [4.69, 9.17) is 4.74 Å². The second-order valence-corrected chi connectivity index (χ2v) is 6.21. The molecule has 0 bridgehead atoms. The molecule has 0 aliphatic heterocycles. The predicted molar refractivity (Wildman–Crippen MR) is 98.2 cm³/mol. The summed E-state index contributed by atoms with van der Waals surface area (Å²) in [7, 11) is 1.79. The molecule has 0 aliphatic carbocycles. The van der Waals surface area contributed by atoms with E-state index in [0.717, 1.165) is 18.2 Å². The van der Waals surface area contributed by atoms with Gasteiger partial charge in [-0.3, -0.25) is 0 Å². The van der Waals surface area contributed by atoms with Crippen LogP contribution in [0.5, 0.6) is 0 Å². The number of benzene rings is 2. The minimum Gasteiger partial charge on any atom is -0.457 e. The smallest absolute Gasteiger partial charge is 0.416 e. The van der Waals surface area contributed by atoms with Crippen LogP contribution >= 0.6 is 0 Å². The predicted octanol–water partition coefficient (Wildman–Crippen LogP) is 5.12. The Bertz CT molecular complexity index is 879. The molecular weight excluding hydrogens is 376 g/mol. The molecular formula is C20H20F4N2O2. The fourth-order valence-corrected chi connectivity index (χ4v) is 2.29. The number of hydrogen-bond donors (Lipinski definition) is 0. The Morgan fingerprint density at radius 3 is 2.61 bits per heavy atom. The summed E-state index contributed by atoms with van der Waals surface area (Å²) in [5.74, 6) is -1.52. The van der Waals surface area contributed by atoms with Gasteiger partial charge < -0.3 is 9.64 Å². The highest BCUT2D eigenvalue weighted by atomic mass is 19.4. The lowest BCUT2D eigenvalue weighted by molar-refractivity contribution is -0.137. The van der Waals surface area contributed by atoms with Gasteiger partial charge in [0.2, 0.25) is 0 Å². The van der Waals surface area contributed by atoms with Gasteiger partial charge in [-0.2, -0.15) is 13.2 Å². The third kappa shape index (κ3) is 5.55. The van der Waals surface area contributed by atoms with Gasteiger partial charge in [0, 0.05) is 13.6 Å². The van der Waals surface area contributed by atoms with E-state index in [1.54, 1.807) is 18.9 Å². The Balaban J connectivity index is 2.13. The number of halogens is 4. The molecule has 0 unspecified atom stereocenters. The highest BCUT2D eigenvalue weighted by molar-refractivity contribution is 5.91. The zero-order valence-corrected chi connectivity index (χ0v) is 15.7. The first-order valence-electron chi connectivity index (χ1n) is 8.49. The first-order valence-corrected chi connectivity index (χ1v) is 8.49. The van der Waals surface area contributed by atoms with E-state index in [-0.39, 0.29) is 23.4 Å². The fourth-order valence-electron chi connectivity index (χ4n) is 2.29. The number of ether oxygens (including phenoxy) is 1. The normalized spacial score (nSPS) is 11.7. The van der Waals surface area contributed by atoms with Crippen molar-refractivity contribution in [3.05, 3.63) is 64.5 Å². The maximum absolute atomic E-state index is 14.2. The summed E-state index contributed by atoms with van der Waals surface area (Å²) in [4.78, 5) is 18.0. The standard InChI is InChI=1S/C20H20F4N2O2/c1-4-26(3)12-25-18-8-13(2)16(10-17(18)21)19(27)28-11-14-6-5-7-15(9-14)20(22,23)24/h5-10,12H,4,11H2,1-3H3/b25-12+.